The summed E-state index contributed by atoms with van der Waals surface area (Å²) in [5.74, 6) is 1.75. The molecule has 3 heterocycles. The van der Waals surface area contributed by atoms with Gasteiger partial charge in [0.05, 0.1) is 26.9 Å². The van der Waals surface area contributed by atoms with Crippen molar-refractivity contribution in [3.05, 3.63) is 40.5 Å². The van der Waals surface area contributed by atoms with Crippen LogP contribution in [-0.4, -0.2) is 48.3 Å². The Morgan fingerprint density at radius 2 is 1.89 bits per heavy atom. The summed E-state index contributed by atoms with van der Waals surface area (Å²) in [5, 5.41) is 2.22. The molecule has 0 radical (unpaired) electrons. The number of ether oxygens (including phenoxy) is 2. The first-order chi connectivity index (χ1) is 13.1. The summed E-state index contributed by atoms with van der Waals surface area (Å²) in [6.45, 7) is 8.53. The smallest absolute Gasteiger partial charge is 0.145 e. The number of morpholine rings is 1. The highest BCUT2D eigenvalue weighted by atomic mass is 32.2. The number of thiophene rings is 1. The molecule has 0 amide bonds. The summed E-state index contributed by atoms with van der Waals surface area (Å²) < 4.78 is 10.7. The third-order valence-electron chi connectivity index (χ3n) is 4.78. The Kier molecular flexibility index (Phi) is 5.63. The Bertz CT molecular complexity index is 935. The molecular formula is C20H23N3O2S2. The van der Waals surface area contributed by atoms with E-state index in [0.717, 1.165) is 59.2 Å². The van der Waals surface area contributed by atoms with Crippen LogP contribution in [0.25, 0.3) is 10.2 Å². The number of rotatable bonds is 5. The van der Waals surface area contributed by atoms with E-state index >= 15 is 0 Å². The van der Waals surface area contributed by atoms with Gasteiger partial charge in [0, 0.05) is 28.2 Å². The largest absolute Gasteiger partial charge is 0.497 e. The van der Waals surface area contributed by atoms with Crippen molar-refractivity contribution in [2.24, 2.45) is 0 Å². The number of nitrogens with zero attached hydrogens (tertiary/aromatic N) is 3. The minimum absolute atomic E-state index is 0.769. The van der Waals surface area contributed by atoms with E-state index in [1.165, 1.54) is 15.8 Å². The number of methoxy groups -OCH3 is 1. The molecule has 3 aromatic rings. The van der Waals surface area contributed by atoms with Crippen LogP contribution in [0.3, 0.4) is 0 Å². The highest BCUT2D eigenvalue weighted by Gasteiger charge is 2.18. The average Bonchev–Trinajstić information content (AvgIpc) is 2.97. The minimum Gasteiger partial charge on any atom is -0.497 e. The maximum Gasteiger partial charge on any atom is 0.145 e. The predicted octanol–water partition coefficient (Wildman–Crippen LogP) is 4.30. The highest BCUT2D eigenvalue weighted by Crippen LogP contribution is 2.38. The second-order valence-corrected chi connectivity index (χ2v) is 8.84. The van der Waals surface area contributed by atoms with E-state index in [1.54, 1.807) is 30.2 Å². The molecule has 2 aromatic heterocycles. The average molecular weight is 402 g/mol. The Morgan fingerprint density at radius 3 is 2.59 bits per heavy atom. The molecule has 0 aliphatic carbocycles. The van der Waals surface area contributed by atoms with Crippen molar-refractivity contribution in [3.63, 3.8) is 0 Å². The summed E-state index contributed by atoms with van der Waals surface area (Å²) >= 11 is 3.45. The highest BCUT2D eigenvalue weighted by molar-refractivity contribution is 7.99. The predicted molar refractivity (Wildman–Crippen MR) is 110 cm³/mol. The molecule has 0 unspecified atom stereocenters. The summed E-state index contributed by atoms with van der Waals surface area (Å²) in [4.78, 5) is 15.7. The van der Waals surface area contributed by atoms with Gasteiger partial charge in [0.25, 0.3) is 0 Å². The Morgan fingerprint density at radius 1 is 1.15 bits per heavy atom. The van der Waals surface area contributed by atoms with Gasteiger partial charge in [-0.15, -0.1) is 11.3 Å². The Labute approximate surface area is 167 Å². The molecule has 1 fully saturated rings. The molecule has 142 valence electrons. The van der Waals surface area contributed by atoms with Gasteiger partial charge >= 0.3 is 0 Å². The molecule has 1 aliphatic heterocycles. The van der Waals surface area contributed by atoms with Crippen LogP contribution in [-0.2, 0) is 11.3 Å². The van der Waals surface area contributed by atoms with Crippen LogP contribution in [0.4, 0.5) is 0 Å². The summed E-state index contributed by atoms with van der Waals surface area (Å²) in [7, 11) is 1.69. The van der Waals surface area contributed by atoms with Gasteiger partial charge in [-0.3, -0.25) is 4.90 Å². The topological polar surface area (TPSA) is 47.5 Å². The molecule has 7 heteroatoms. The third-order valence-corrected chi connectivity index (χ3v) is 6.88. The lowest BCUT2D eigenvalue weighted by molar-refractivity contribution is 0.0330. The Balaban J connectivity index is 1.69. The maximum atomic E-state index is 5.45. The van der Waals surface area contributed by atoms with E-state index in [0.29, 0.717) is 0 Å². The van der Waals surface area contributed by atoms with Crippen LogP contribution in [0.15, 0.2) is 34.2 Å². The van der Waals surface area contributed by atoms with Gasteiger partial charge in [-0.25, -0.2) is 9.97 Å². The van der Waals surface area contributed by atoms with Gasteiger partial charge in [-0.05, 0) is 43.7 Å². The van der Waals surface area contributed by atoms with Gasteiger partial charge in [0.15, 0.2) is 0 Å². The maximum absolute atomic E-state index is 5.45. The molecular weight excluding hydrogens is 378 g/mol. The minimum atomic E-state index is 0.769. The van der Waals surface area contributed by atoms with Crippen molar-refractivity contribution in [1.82, 2.24) is 14.9 Å². The molecule has 0 spiro atoms. The van der Waals surface area contributed by atoms with E-state index in [9.17, 15) is 0 Å². The summed E-state index contributed by atoms with van der Waals surface area (Å²) in [6.07, 6.45) is 0. The van der Waals surface area contributed by atoms with Gasteiger partial charge < -0.3 is 9.47 Å². The number of fused-ring (bicyclic) bond motifs is 1. The molecule has 27 heavy (non-hydrogen) atoms. The van der Waals surface area contributed by atoms with E-state index < -0.39 is 0 Å². The third kappa shape index (κ3) is 4.11. The number of hydrogen-bond acceptors (Lipinski definition) is 7. The summed E-state index contributed by atoms with van der Waals surface area (Å²) in [5.41, 5.74) is 1.28. The molecule has 1 aromatic carbocycles. The molecule has 1 saturated heterocycles. The number of aromatic nitrogens is 2. The zero-order chi connectivity index (χ0) is 18.8. The van der Waals surface area contributed by atoms with Crippen LogP contribution >= 0.6 is 23.1 Å². The fraction of sp³-hybridized carbons (Fsp3) is 0.400. The Hall–Kier alpha value is -1.67. The molecule has 0 saturated carbocycles. The van der Waals surface area contributed by atoms with Gasteiger partial charge in [-0.2, -0.15) is 0 Å². The van der Waals surface area contributed by atoms with E-state index in [4.69, 9.17) is 19.4 Å². The van der Waals surface area contributed by atoms with E-state index in [-0.39, 0.29) is 0 Å². The first-order valence-corrected chi connectivity index (χ1v) is 10.7. The van der Waals surface area contributed by atoms with Crippen LogP contribution in [0, 0.1) is 13.8 Å². The standard InChI is InChI=1S/C20H23N3O2S2/c1-13-14(2)26-19-18(13)20(27-16-6-4-15(24-3)5-7-16)22-17(21-19)12-23-8-10-25-11-9-23/h4-7H,8-12H2,1-3H3. The van der Waals surface area contributed by atoms with Crippen molar-refractivity contribution in [1.29, 1.82) is 0 Å². The second kappa shape index (κ2) is 8.14. The number of hydrogen-bond donors (Lipinski definition) is 0. The molecule has 0 N–H and O–H groups in total. The molecule has 0 bridgehead atoms. The lowest BCUT2D eigenvalue weighted by Gasteiger charge is -2.25. The molecule has 5 nitrogen and oxygen atoms in total. The number of benzene rings is 1. The SMILES string of the molecule is COc1ccc(Sc2nc(CN3CCOCC3)nc3sc(C)c(C)c23)cc1. The second-order valence-electron chi connectivity index (χ2n) is 6.57. The zero-order valence-electron chi connectivity index (χ0n) is 15.8. The van der Waals surface area contributed by atoms with E-state index in [2.05, 4.69) is 30.9 Å². The fourth-order valence-corrected chi connectivity index (χ4v) is 5.23. The van der Waals surface area contributed by atoms with Crippen molar-refractivity contribution >= 4 is 33.3 Å². The molecule has 0 atom stereocenters. The monoisotopic (exact) mass is 401 g/mol. The van der Waals surface area contributed by atoms with E-state index in [1.807, 2.05) is 12.1 Å². The number of aryl methyl sites for hydroxylation is 2. The quantitative estimate of drug-likeness (QED) is 0.594. The van der Waals surface area contributed by atoms with Gasteiger partial charge in [0.1, 0.15) is 21.4 Å². The lowest BCUT2D eigenvalue weighted by Crippen LogP contribution is -2.36. The fourth-order valence-electron chi connectivity index (χ4n) is 3.11. The van der Waals surface area contributed by atoms with Crippen molar-refractivity contribution in [2.75, 3.05) is 33.4 Å². The first kappa shape index (κ1) is 18.7. The van der Waals surface area contributed by atoms with Crippen LogP contribution in [0.1, 0.15) is 16.3 Å². The molecule has 1 aliphatic rings. The lowest BCUT2D eigenvalue weighted by atomic mass is 10.2. The van der Waals surface area contributed by atoms with Crippen LogP contribution in [0.5, 0.6) is 5.75 Å². The van der Waals surface area contributed by atoms with Crippen molar-refractivity contribution in [2.45, 2.75) is 30.3 Å². The molecule has 4 rings (SSSR count). The van der Waals surface area contributed by atoms with Crippen molar-refractivity contribution in [3.8, 4) is 5.75 Å². The normalized spacial score (nSPS) is 15.4. The van der Waals surface area contributed by atoms with Gasteiger partial charge in [0.2, 0.25) is 0 Å². The van der Waals surface area contributed by atoms with Crippen LogP contribution in [0.2, 0.25) is 0 Å². The first-order valence-electron chi connectivity index (χ1n) is 9.02. The van der Waals surface area contributed by atoms with Crippen molar-refractivity contribution < 1.29 is 9.47 Å². The van der Waals surface area contributed by atoms with Gasteiger partial charge in [-0.1, -0.05) is 11.8 Å². The zero-order valence-corrected chi connectivity index (χ0v) is 17.5. The van der Waals surface area contributed by atoms with Crippen LogP contribution < -0.4 is 4.74 Å². The summed E-state index contributed by atoms with van der Waals surface area (Å²) in [6, 6.07) is 8.13.